The molecule has 0 rings (SSSR count). The average Bonchev–Trinajstić information content (AvgIpc) is 3.40. The van der Waals surface area contributed by atoms with Crippen LogP contribution in [-0.4, -0.2) is 167 Å². The maximum atomic E-state index is 14.3. The molecule has 0 spiro atoms. The van der Waals surface area contributed by atoms with Gasteiger partial charge in [-0.2, -0.15) is 0 Å². The summed E-state index contributed by atoms with van der Waals surface area (Å²) in [5.74, 6) is -2.31. The second-order valence-corrected chi connectivity index (χ2v) is 23.9. The standard InChI is InChI=1S/C59H118N12O9/c1-12-14-16-29-45(61)52(73)68-47(31-19-25-38-65-55(76)49(70-59(7,8)9)33-21-27-39-67-58(4,5)6)53(74)64-37-24-20-32-48(54(75)66-40-41-80-43-42-79-11)69-56(77)50(71(10)57(78)46(62)30-17-15-13-2)34-22-26-36-63-51(72)44(3)28-18-23-35-60/h44-50,67,70H,12-43,60-62H2,1-11H3,(H,63,72)(H,64,74)(H,65,76)(H,66,75)(H,68,73)(H,69,77). The number of rotatable bonds is 49. The molecule has 80 heavy (non-hydrogen) atoms. The van der Waals surface area contributed by atoms with Gasteiger partial charge in [-0.3, -0.25) is 33.6 Å². The van der Waals surface area contributed by atoms with Gasteiger partial charge in [0.15, 0.2) is 0 Å². The lowest BCUT2D eigenvalue weighted by Crippen LogP contribution is -2.56. The highest BCUT2D eigenvalue weighted by Crippen LogP contribution is 2.15. The minimum atomic E-state index is -0.988. The average molecular weight is 1140 g/mol. The number of hydrogen-bond acceptors (Lipinski definition) is 14. The molecule has 0 aromatic rings. The number of nitrogens with two attached hydrogens (primary N) is 3. The van der Waals surface area contributed by atoms with Crippen LogP contribution in [0.25, 0.3) is 0 Å². The molecule has 0 fully saturated rings. The molecular weight excluding hydrogens is 1020 g/mol. The van der Waals surface area contributed by atoms with Crippen LogP contribution in [0.2, 0.25) is 0 Å². The molecule has 0 aromatic carbocycles. The Morgan fingerprint density at radius 2 is 0.925 bits per heavy atom. The Morgan fingerprint density at radius 3 is 1.44 bits per heavy atom. The van der Waals surface area contributed by atoms with E-state index in [9.17, 15) is 33.6 Å². The van der Waals surface area contributed by atoms with Gasteiger partial charge in [0, 0.05) is 57.3 Å². The van der Waals surface area contributed by atoms with Gasteiger partial charge >= 0.3 is 0 Å². The molecule has 21 heteroatoms. The largest absolute Gasteiger partial charge is 0.382 e. The number of nitrogens with one attached hydrogen (secondary N) is 8. The summed E-state index contributed by atoms with van der Waals surface area (Å²) in [7, 11) is 3.14. The fourth-order valence-electron chi connectivity index (χ4n) is 9.02. The molecule has 468 valence electrons. The van der Waals surface area contributed by atoms with Gasteiger partial charge in [-0.05, 0) is 151 Å². The predicted molar refractivity (Wildman–Crippen MR) is 321 cm³/mol. The zero-order valence-electron chi connectivity index (χ0n) is 52.0. The molecule has 7 amide bonds. The molecule has 0 saturated carbocycles. The first kappa shape index (κ1) is 76.0. The van der Waals surface area contributed by atoms with Crippen molar-refractivity contribution in [3.8, 4) is 0 Å². The molecule has 7 atom stereocenters. The Kier molecular flexibility index (Phi) is 43.2. The van der Waals surface area contributed by atoms with Crippen LogP contribution >= 0.6 is 0 Å². The summed E-state index contributed by atoms with van der Waals surface area (Å²) >= 11 is 0. The van der Waals surface area contributed by atoms with Crippen LogP contribution in [0, 0.1) is 5.92 Å². The van der Waals surface area contributed by atoms with E-state index >= 15 is 0 Å². The summed E-state index contributed by atoms with van der Waals surface area (Å²) in [4.78, 5) is 96.5. The van der Waals surface area contributed by atoms with Gasteiger partial charge in [0.2, 0.25) is 41.4 Å². The SMILES string of the molecule is CCCCCC(N)C(=O)NC(CCCCNC(=O)C(CCCCNC(C)(C)C)NC(C)(C)C)C(=O)NCCCCC(NC(=O)C(CCCCNC(=O)C(C)CCCCN)N(C)C(=O)C(N)CCCCC)C(=O)NCCOCCOC. The van der Waals surface area contributed by atoms with Crippen LogP contribution in [0.1, 0.15) is 210 Å². The van der Waals surface area contributed by atoms with E-state index < -0.39 is 47.9 Å². The molecule has 0 bridgehead atoms. The number of nitrogens with zero attached hydrogens (tertiary/aromatic N) is 1. The van der Waals surface area contributed by atoms with Gasteiger partial charge in [0.1, 0.15) is 18.1 Å². The van der Waals surface area contributed by atoms with E-state index in [-0.39, 0.29) is 79.2 Å². The summed E-state index contributed by atoms with van der Waals surface area (Å²) in [5.41, 5.74) is 18.1. The summed E-state index contributed by atoms with van der Waals surface area (Å²) in [6, 6.07) is -4.71. The third-order valence-corrected chi connectivity index (χ3v) is 13.9. The fourth-order valence-corrected chi connectivity index (χ4v) is 9.02. The van der Waals surface area contributed by atoms with Crippen LogP contribution in [-0.2, 0) is 43.0 Å². The number of carbonyl (C=O) groups is 7. The minimum Gasteiger partial charge on any atom is -0.382 e. The Morgan fingerprint density at radius 1 is 0.475 bits per heavy atom. The van der Waals surface area contributed by atoms with Crippen molar-refractivity contribution < 1.29 is 43.0 Å². The van der Waals surface area contributed by atoms with Crippen molar-refractivity contribution in [2.24, 2.45) is 23.1 Å². The summed E-state index contributed by atoms with van der Waals surface area (Å²) < 4.78 is 10.6. The first-order valence-corrected chi connectivity index (χ1v) is 30.7. The highest BCUT2D eigenvalue weighted by molar-refractivity contribution is 5.93. The number of ether oxygens (including phenoxy) is 2. The number of unbranched alkanes of at least 4 members (excludes halogenated alkanes) is 9. The van der Waals surface area contributed by atoms with Crippen LogP contribution in [0.15, 0.2) is 0 Å². The van der Waals surface area contributed by atoms with E-state index in [1.165, 1.54) is 4.90 Å². The van der Waals surface area contributed by atoms with E-state index in [1.54, 1.807) is 14.2 Å². The number of hydrogen-bond donors (Lipinski definition) is 11. The van der Waals surface area contributed by atoms with Crippen LogP contribution in [0.4, 0.5) is 0 Å². The monoisotopic (exact) mass is 1140 g/mol. The first-order valence-electron chi connectivity index (χ1n) is 30.7. The molecule has 0 saturated heterocycles. The second kappa shape index (κ2) is 45.5. The van der Waals surface area contributed by atoms with Crippen molar-refractivity contribution in [2.45, 2.75) is 257 Å². The van der Waals surface area contributed by atoms with Gasteiger partial charge in [-0.25, -0.2) is 0 Å². The van der Waals surface area contributed by atoms with Crippen molar-refractivity contribution in [3.05, 3.63) is 0 Å². The normalized spacial score (nSPS) is 14.4. The van der Waals surface area contributed by atoms with Crippen LogP contribution in [0.3, 0.4) is 0 Å². The van der Waals surface area contributed by atoms with E-state index in [1.807, 2.05) is 27.7 Å². The molecule has 14 N–H and O–H groups in total. The Bertz CT molecular complexity index is 1700. The molecule has 0 aliphatic carbocycles. The zero-order chi connectivity index (χ0) is 60.4. The molecule has 0 radical (unpaired) electrons. The number of likely N-dealkylation sites (N-methyl/N-ethyl adjacent to an activating group) is 1. The highest BCUT2D eigenvalue weighted by atomic mass is 16.5. The molecule has 7 unspecified atom stereocenters. The van der Waals surface area contributed by atoms with Gasteiger partial charge in [0.25, 0.3) is 0 Å². The third kappa shape index (κ3) is 38.7. The highest BCUT2D eigenvalue weighted by Gasteiger charge is 2.32. The second-order valence-electron chi connectivity index (χ2n) is 23.9. The fraction of sp³-hybridized carbons (Fsp3) is 0.881. The molecule has 21 nitrogen and oxygen atoms in total. The van der Waals surface area contributed by atoms with E-state index in [0.29, 0.717) is 97.1 Å². The van der Waals surface area contributed by atoms with Gasteiger partial charge in [-0.15, -0.1) is 0 Å². The Labute approximate surface area is 483 Å². The molecule has 0 aliphatic rings. The lowest BCUT2D eigenvalue weighted by Gasteiger charge is -2.31. The maximum Gasteiger partial charge on any atom is 0.243 e. The predicted octanol–water partition coefficient (Wildman–Crippen LogP) is 4.32. The van der Waals surface area contributed by atoms with Gasteiger partial charge in [0.05, 0.1) is 37.9 Å². The van der Waals surface area contributed by atoms with E-state index in [0.717, 1.165) is 77.2 Å². The van der Waals surface area contributed by atoms with Crippen molar-refractivity contribution >= 4 is 41.4 Å². The maximum absolute atomic E-state index is 14.3. The van der Waals surface area contributed by atoms with Crippen LogP contribution in [0.5, 0.6) is 0 Å². The minimum absolute atomic E-state index is 0.0319. The van der Waals surface area contributed by atoms with Gasteiger partial charge in [-0.1, -0.05) is 72.1 Å². The topological polar surface area (TPSA) is 315 Å². The lowest BCUT2D eigenvalue weighted by atomic mass is 10.0. The molecule has 0 aromatic heterocycles. The van der Waals surface area contributed by atoms with Crippen molar-refractivity contribution in [1.82, 2.24) is 47.4 Å². The molecular formula is C59H118N12O9. The first-order chi connectivity index (χ1) is 37.9. The quantitative estimate of drug-likeness (QED) is 0.0379. The molecule has 0 aliphatic heterocycles. The summed E-state index contributed by atoms with van der Waals surface area (Å²) in [6.45, 7) is 22.2. The molecule has 0 heterocycles. The Hall–Kier alpha value is -3.99. The van der Waals surface area contributed by atoms with Crippen molar-refractivity contribution in [2.75, 3.05) is 73.2 Å². The number of amides is 7. The number of methoxy groups -OCH3 is 1. The third-order valence-electron chi connectivity index (χ3n) is 13.9. The smallest absolute Gasteiger partial charge is 0.243 e. The van der Waals surface area contributed by atoms with Crippen LogP contribution < -0.4 is 59.7 Å². The van der Waals surface area contributed by atoms with Crippen molar-refractivity contribution in [3.63, 3.8) is 0 Å². The lowest BCUT2D eigenvalue weighted by molar-refractivity contribution is -0.141. The zero-order valence-corrected chi connectivity index (χ0v) is 52.0. The number of carbonyl (C=O) groups excluding carboxylic acids is 7. The van der Waals surface area contributed by atoms with E-state index in [4.69, 9.17) is 26.7 Å². The summed E-state index contributed by atoms with van der Waals surface area (Å²) in [5, 5.41) is 24.7. The Balaban J connectivity index is 6.08. The van der Waals surface area contributed by atoms with Crippen molar-refractivity contribution in [1.29, 1.82) is 0 Å². The van der Waals surface area contributed by atoms with Gasteiger partial charge < -0.3 is 74.1 Å². The summed E-state index contributed by atoms with van der Waals surface area (Å²) in [6.07, 6.45) is 15.2. The van der Waals surface area contributed by atoms with E-state index in [2.05, 4.69) is 77.2 Å².